The first-order chi connectivity index (χ1) is 12.2. The number of benzene rings is 1. The molecule has 7 heteroatoms. The van der Waals surface area contributed by atoms with Crippen LogP contribution in [0.3, 0.4) is 0 Å². The van der Waals surface area contributed by atoms with Crippen molar-refractivity contribution in [3.63, 3.8) is 0 Å². The monoisotopic (exact) mass is 373 g/mol. The number of ether oxygens (including phenoxy) is 1. The van der Waals surface area contributed by atoms with Gasteiger partial charge in [0, 0.05) is 42.7 Å². The zero-order valence-corrected chi connectivity index (χ0v) is 16.1. The number of hydrogen-bond donors (Lipinski definition) is 1. The zero-order valence-electron chi connectivity index (χ0n) is 15.2. The molecule has 1 aromatic heterocycles. The summed E-state index contributed by atoms with van der Waals surface area (Å²) in [5.74, 6) is -0.0761. The summed E-state index contributed by atoms with van der Waals surface area (Å²) in [5.41, 5.74) is 0.802. The van der Waals surface area contributed by atoms with Gasteiger partial charge in [-0.3, -0.25) is 9.78 Å². The number of nitrogens with zero attached hydrogens (tertiary/aromatic N) is 3. The van der Waals surface area contributed by atoms with Gasteiger partial charge in [0.15, 0.2) is 0 Å². The Morgan fingerprint density at radius 3 is 2.42 bits per heavy atom. The van der Waals surface area contributed by atoms with Crippen LogP contribution in [0.1, 0.15) is 31.1 Å². The number of carbonyl (C=O) groups is 2. The van der Waals surface area contributed by atoms with E-state index in [9.17, 15) is 9.59 Å². The second-order valence-electron chi connectivity index (χ2n) is 7.33. The summed E-state index contributed by atoms with van der Waals surface area (Å²) >= 11 is 4.39. The third-order valence-corrected chi connectivity index (χ3v) is 4.52. The van der Waals surface area contributed by atoms with Crippen molar-refractivity contribution in [3.8, 4) is 0 Å². The van der Waals surface area contributed by atoms with Gasteiger partial charge in [-0.25, -0.2) is 4.79 Å². The van der Waals surface area contributed by atoms with Crippen LogP contribution in [-0.4, -0.2) is 58.6 Å². The number of thiol groups is 1. The fraction of sp³-hybridized carbons (Fsp3) is 0.421. The molecule has 0 bridgehead atoms. The topological polar surface area (TPSA) is 62.7 Å². The molecule has 1 aromatic carbocycles. The number of piperazine rings is 1. The lowest BCUT2D eigenvalue weighted by Crippen LogP contribution is -2.51. The summed E-state index contributed by atoms with van der Waals surface area (Å²) in [6, 6.07) is 7.51. The summed E-state index contributed by atoms with van der Waals surface area (Å²) in [6.07, 6.45) is 1.25. The molecule has 2 amide bonds. The van der Waals surface area contributed by atoms with E-state index in [2.05, 4.69) is 17.6 Å². The highest BCUT2D eigenvalue weighted by molar-refractivity contribution is 7.80. The van der Waals surface area contributed by atoms with Crippen LogP contribution in [0.5, 0.6) is 0 Å². The standard InChI is InChI=1S/C19H23N3O3S/c1-19(2,3)25-18(24)22-9-7-21(8-10-22)17(23)14-11-13-5-4-6-15(26)16(13)20-12-14/h4-6,11-12,26H,7-10H2,1-3H3. The van der Waals surface area contributed by atoms with E-state index >= 15 is 0 Å². The Morgan fingerprint density at radius 2 is 1.77 bits per heavy atom. The summed E-state index contributed by atoms with van der Waals surface area (Å²) in [5, 5.41) is 0.885. The molecule has 0 radical (unpaired) electrons. The van der Waals surface area contributed by atoms with Crippen molar-refractivity contribution in [2.24, 2.45) is 0 Å². The van der Waals surface area contributed by atoms with Gasteiger partial charge in [-0.05, 0) is 32.9 Å². The normalized spacial score (nSPS) is 15.2. The molecule has 1 fully saturated rings. The Bertz CT molecular complexity index is 840. The van der Waals surface area contributed by atoms with E-state index in [0.29, 0.717) is 31.7 Å². The third-order valence-electron chi connectivity index (χ3n) is 4.16. The number of rotatable bonds is 1. The number of para-hydroxylation sites is 1. The number of fused-ring (bicyclic) bond motifs is 1. The van der Waals surface area contributed by atoms with Gasteiger partial charge < -0.3 is 14.5 Å². The van der Waals surface area contributed by atoms with Crippen molar-refractivity contribution < 1.29 is 14.3 Å². The summed E-state index contributed by atoms with van der Waals surface area (Å²) < 4.78 is 5.38. The second kappa shape index (κ2) is 7.15. The van der Waals surface area contributed by atoms with Gasteiger partial charge in [-0.2, -0.15) is 0 Å². The number of aromatic nitrogens is 1. The van der Waals surface area contributed by atoms with Crippen molar-refractivity contribution in [2.45, 2.75) is 31.3 Å². The maximum atomic E-state index is 12.8. The Balaban J connectivity index is 1.66. The molecule has 1 aliphatic heterocycles. The van der Waals surface area contributed by atoms with Crippen LogP contribution in [0.15, 0.2) is 35.4 Å². The maximum absolute atomic E-state index is 12.8. The van der Waals surface area contributed by atoms with E-state index in [1.165, 1.54) is 0 Å². The van der Waals surface area contributed by atoms with Crippen molar-refractivity contribution in [1.82, 2.24) is 14.8 Å². The molecular formula is C19H23N3O3S. The van der Waals surface area contributed by atoms with Crippen LogP contribution in [0.4, 0.5) is 4.79 Å². The van der Waals surface area contributed by atoms with E-state index < -0.39 is 5.60 Å². The molecule has 6 nitrogen and oxygen atoms in total. The summed E-state index contributed by atoms with van der Waals surface area (Å²) in [6.45, 7) is 7.39. The molecule has 1 saturated heterocycles. The van der Waals surface area contributed by atoms with Gasteiger partial charge >= 0.3 is 6.09 Å². The average Bonchev–Trinajstić information content (AvgIpc) is 2.60. The minimum absolute atomic E-state index is 0.0761. The highest BCUT2D eigenvalue weighted by Crippen LogP contribution is 2.21. The minimum Gasteiger partial charge on any atom is -0.444 e. The minimum atomic E-state index is -0.521. The number of hydrogen-bond acceptors (Lipinski definition) is 5. The molecule has 138 valence electrons. The first-order valence-corrected chi connectivity index (χ1v) is 9.04. The Kier molecular flexibility index (Phi) is 5.09. The largest absolute Gasteiger partial charge is 0.444 e. The van der Waals surface area contributed by atoms with Crippen LogP contribution in [0, 0.1) is 0 Å². The van der Waals surface area contributed by atoms with Crippen molar-refractivity contribution in [2.75, 3.05) is 26.2 Å². The van der Waals surface area contributed by atoms with Crippen LogP contribution < -0.4 is 0 Å². The highest BCUT2D eigenvalue weighted by atomic mass is 32.1. The Labute approximate surface area is 158 Å². The number of pyridine rings is 1. The number of carbonyl (C=O) groups excluding carboxylic acids is 2. The van der Waals surface area contributed by atoms with Gasteiger partial charge in [0.1, 0.15) is 5.60 Å². The molecule has 0 spiro atoms. The van der Waals surface area contributed by atoms with E-state index in [4.69, 9.17) is 4.74 Å². The van der Waals surface area contributed by atoms with Crippen LogP contribution in [0.2, 0.25) is 0 Å². The van der Waals surface area contributed by atoms with Gasteiger partial charge in [-0.15, -0.1) is 12.6 Å². The zero-order chi connectivity index (χ0) is 18.9. The molecule has 1 aliphatic rings. The second-order valence-corrected chi connectivity index (χ2v) is 7.81. The Morgan fingerprint density at radius 1 is 1.12 bits per heavy atom. The molecule has 0 saturated carbocycles. The average molecular weight is 373 g/mol. The van der Waals surface area contributed by atoms with E-state index in [0.717, 1.165) is 15.8 Å². The molecule has 2 aromatic rings. The summed E-state index contributed by atoms with van der Waals surface area (Å²) in [7, 11) is 0. The molecule has 0 unspecified atom stereocenters. The van der Waals surface area contributed by atoms with Crippen molar-refractivity contribution in [3.05, 3.63) is 36.0 Å². The smallest absolute Gasteiger partial charge is 0.410 e. The van der Waals surface area contributed by atoms with Crippen LogP contribution in [0.25, 0.3) is 10.9 Å². The van der Waals surface area contributed by atoms with Crippen LogP contribution in [-0.2, 0) is 4.74 Å². The molecule has 26 heavy (non-hydrogen) atoms. The van der Waals surface area contributed by atoms with E-state index in [1.807, 2.05) is 45.0 Å². The van der Waals surface area contributed by atoms with E-state index in [1.54, 1.807) is 16.0 Å². The van der Waals surface area contributed by atoms with Crippen LogP contribution >= 0.6 is 12.6 Å². The predicted molar refractivity (Wildman–Crippen MR) is 103 cm³/mol. The lowest BCUT2D eigenvalue weighted by atomic mass is 10.1. The van der Waals surface area contributed by atoms with Gasteiger partial charge in [-0.1, -0.05) is 12.1 Å². The van der Waals surface area contributed by atoms with E-state index in [-0.39, 0.29) is 12.0 Å². The fourth-order valence-corrected chi connectivity index (χ4v) is 3.14. The quantitative estimate of drug-likeness (QED) is 0.780. The highest BCUT2D eigenvalue weighted by Gasteiger charge is 2.28. The summed E-state index contributed by atoms with van der Waals surface area (Å²) in [4.78, 5) is 33.4. The van der Waals surface area contributed by atoms with Gasteiger partial charge in [0.2, 0.25) is 0 Å². The Hall–Kier alpha value is -2.28. The lowest BCUT2D eigenvalue weighted by molar-refractivity contribution is 0.0141. The SMILES string of the molecule is CC(C)(C)OC(=O)N1CCN(C(=O)c2cnc3c(S)cccc3c2)CC1. The third kappa shape index (κ3) is 4.09. The maximum Gasteiger partial charge on any atom is 0.410 e. The molecule has 0 atom stereocenters. The number of amides is 2. The molecule has 0 aliphatic carbocycles. The van der Waals surface area contributed by atoms with Gasteiger partial charge in [0.25, 0.3) is 5.91 Å². The van der Waals surface area contributed by atoms with Crippen molar-refractivity contribution in [1.29, 1.82) is 0 Å². The molecular weight excluding hydrogens is 350 g/mol. The fourth-order valence-electron chi connectivity index (χ4n) is 2.86. The molecule has 3 rings (SSSR count). The van der Waals surface area contributed by atoms with Gasteiger partial charge in [0.05, 0.1) is 11.1 Å². The first-order valence-electron chi connectivity index (χ1n) is 8.59. The molecule has 0 N–H and O–H groups in total. The lowest BCUT2D eigenvalue weighted by Gasteiger charge is -2.35. The first kappa shape index (κ1) is 18.5. The predicted octanol–water partition coefficient (Wildman–Crippen LogP) is 3.22. The van der Waals surface area contributed by atoms with Crippen molar-refractivity contribution >= 4 is 35.5 Å². The molecule has 2 heterocycles.